The van der Waals surface area contributed by atoms with Gasteiger partial charge in [0.15, 0.2) is 69.0 Å². The van der Waals surface area contributed by atoms with Crippen LogP contribution in [0.1, 0.15) is 393 Å². The molecule has 24 nitrogen and oxygen atoms in total. The fourth-order valence-electron chi connectivity index (χ4n) is 14.8. The van der Waals surface area contributed by atoms with E-state index in [2.05, 4.69) is 0 Å². The number of nitrogens with zero attached hydrogens (tertiary/aromatic N) is 6. The monoisotopic (exact) mass is 2010 g/mol. The molecule has 6 aromatic rings. The number of aliphatic hydroxyl groups excluding tert-OH is 1. The topological polar surface area (TPSA) is 252 Å². The molecule has 24 heteroatoms. The van der Waals surface area contributed by atoms with Crippen molar-refractivity contribution in [3.05, 3.63) is 139 Å². The summed E-state index contributed by atoms with van der Waals surface area (Å²) in [4.78, 5) is -0.0295. The zero-order valence-electron chi connectivity index (χ0n) is 173. The molecule has 6 aromatic carbocycles. The summed E-state index contributed by atoms with van der Waals surface area (Å²) in [6.07, 6.45) is -74.2. The molecule has 21 unspecified atom stereocenters. The van der Waals surface area contributed by atoms with Crippen molar-refractivity contribution in [1.29, 1.82) is 0 Å². The lowest BCUT2D eigenvalue weighted by atomic mass is 9.79. The Morgan fingerprint density at radius 1 is 0.304 bits per heavy atom. The lowest BCUT2D eigenvalue weighted by molar-refractivity contribution is -0.0192. The Morgan fingerprint density at radius 2 is 0.507 bits per heavy atom. The molecule has 0 aromatic heterocycles. The highest BCUT2D eigenvalue weighted by Crippen LogP contribution is 2.52. The molecule has 0 aliphatic carbocycles. The van der Waals surface area contributed by atoms with E-state index < -0.39 is 591 Å². The van der Waals surface area contributed by atoms with Crippen molar-refractivity contribution in [3.63, 3.8) is 0 Å². The molecule has 0 bridgehead atoms. The van der Waals surface area contributed by atoms with Gasteiger partial charge in [-0.15, -0.1) is 0 Å². The third-order valence-electron chi connectivity index (χ3n) is 20.9. The van der Waals surface area contributed by atoms with Crippen LogP contribution < -0.4 is 56.8 Å². The highest BCUT2D eigenvalue weighted by molar-refractivity contribution is 5.55. The number of rotatable bonds is 24. The molecular formula is C114H174N6O18. The summed E-state index contributed by atoms with van der Waals surface area (Å²) in [5.74, 6) is -40.1. The molecule has 6 fully saturated rings. The first-order chi connectivity index (χ1) is 103. The van der Waals surface area contributed by atoms with Crippen molar-refractivity contribution in [2.24, 2.45) is 70.8 Å². The minimum Gasteiger partial charge on any atom is -0.493 e. The van der Waals surface area contributed by atoms with Gasteiger partial charge in [0.1, 0.15) is 0 Å². The number of hydrogen-bond acceptors (Lipinski definition) is 24. The molecule has 0 amide bonds. The SMILES string of the molecule is [2H]c1c(OC([2H])([2H])[2H])c(OC)c([2H])c2c1C1CC(O)C(C([2H])([2H])C([2H])(C)C([2H])([2H])[2H])C([2H])([2H])N1C([2H])([2H])C2([2H])[2H].[2H]c1c(OC([2H])([2H])[2H])c(OC)c([2H])c2c1C1N(C([2H])([2H])C2([2H])[2H])C([2H])([2H])C([2H])(C([2H])([2H])C([2H])(C)C([2H])([2H])[2H])C([2H])(O)C1([2H])[2H].[2H]c1c(OC([2H])([2H])[2H])c(OC)c([2H])c2c1C1N(C([2H])([2H])C2([2H])[2H])C([2H])([2H])C([2H])(CC(C)C)C([2H])(O)C1([2H])[2H].[2H]c1c(OC)c(OC)c([2H])c2c1C1N(C([2H])([2H])C2([2H])[2H])C([2H])([2H])C([2H])(C([2H])([2H])C([2H])(C)C([2H])([2H])[2H])C([2H])(O)C1([2H])[2H].[2H]c1c(OC)c(OC)c([2H])c2c1C1N(C([2H])([2H])C2([2H])[2H])C([2H])([2H])C([2H])(CC(C)C)C([2H])(O)C1([2H])[2H].[2H]c1c(OC)c(OC)c([2H])c2c1C1N(C([2H])([2H])C2([2H])[2H])C([2H])([2H])C([2H])(CC(C)C)C([2H])(O)C1([2H])[2H]. The summed E-state index contributed by atoms with van der Waals surface area (Å²) in [5.41, 5.74) is -10.4. The number of piperidine rings is 6. The van der Waals surface area contributed by atoms with E-state index in [0.717, 1.165) is 64.0 Å². The van der Waals surface area contributed by atoms with E-state index in [-0.39, 0.29) is 24.5 Å². The Bertz CT molecular complexity index is 9630. The van der Waals surface area contributed by atoms with Crippen LogP contribution in [0.5, 0.6) is 69.0 Å². The van der Waals surface area contributed by atoms with E-state index in [4.69, 9.17) is 187 Å². The van der Waals surface area contributed by atoms with Crippen LogP contribution in [0.25, 0.3) is 0 Å². The Kier molecular flexibility index (Phi) is 13.8. The van der Waals surface area contributed by atoms with Crippen molar-refractivity contribution in [2.75, 3.05) is 163 Å². The van der Waals surface area contributed by atoms with Gasteiger partial charge in [-0.25, -0.2) is 0 Å². The van der Waals surface area contributed by atoms with Gasteiger partial charge in [0.2, 0.25) is 0 Å². The Morgan fingerprint density at radius 3 is 0.732 bits per heavy atom. The van der Waals surface area contributed by atoms with E-state index in [1.54, 1.807) is 27.7 Å². The summed E-state index contributed by atoms with van der Waals surface area (Å²) in [7, 11) is -0.404. The molecule has 0 radical (unpaired) electrons. The molecule has 12 heterocycles. The van der Waals surface area contributed by atoms with Gasteiger partial charge in [0.05, 0.1) is 157 Å². The zero-order chi connectivity index (χ0) is 183. The molecular weight excluding hydrogens is 1740 g/mol. The predicted molar refractivity (Wildman–Crippen MR) is 547 cm³/mol. The lowest BCUT2D eigenvalue weighted by Crippen LogP contribution is -2.48. The standard InChI is InChI=1S/6C19H29NO3/c6*1-12(2)7-14-11-20-6-5-13-8-18(22-3)19(23-4)9-15(13)16(20)10-17(14)21/h6*8-9,12,14,16-17,21H,5-7,10-11H2,1-4H3/i1D3,4D3,5D2,6D2,7D2,8D,9D,10D2,11D2,12D,14D,17D;1D3,5D2,6D2,7D2,8D,9D,10D2,11D2,12D,14D,17D;4D3,5D2,6D2,8D,9D,10D2,11D2,14D,17D;1D3,4D3,5D2,6D2,7D2,8D,9D,11D2,12D;2*5D2,6D2,8D,9D,10D2,11D2,14D,17D. The predicted octanol–water partition coefficient (Wildman–Crippen LogP) is 18.2. The molecule has 12 aliphatic rings. The van der Waals surface area contributed by atoms with E-state index in [9.17, 15) is 30.6 Å². The fourth-order valence-corrected chi connectivity index (χ4v) is 14.8. The van der Waals surface area contributed by atoms with Crippen LogP contribution in [-0.2, 0) is 38.2 Å². The fraction of sp³-hybridized carbons (Fsp3) is 0.684. The summed E-state index contributed by atoms with van der Waals surface area (Å²) >= 11 is 0. The van der Waals surface area contributed by atoms with Crippen LogP contribution >= 0.6 is 0 Å². The number of ether oxygens (including phenoxy) is 12. The third-order valence-corrected chi connectivity index (χ3v) is 20.9. The Hall–Kier alpha value is -7.56. The number of hydrogen-bond donors (Lipinski definition) is 6. The van der Waals surface area contributed by atoms with Gasteiger partial charge in [-0.05, 0) is 325 Å². The largest absolute Gasteiger partial charge is 0.493 e. The van der Waals surface area contributed by atoms with Crippen molar-refractivity contribution in [3.8, 4) is 69.0 Å². The second-order valence-corrected chi connectivity index (χ2v) is 32.2. The minimum atomic E-state index is -4.48. The molecule has 6 N–H and O–H groups in total. The maximum atomic E-state index is 11.5. The van der Waals surface area contributed by atoms with Gasteiger partial charge in [0, 0.05) is 209 Å². The maximum absolute atomic E-state index is 11.5. The summed E-state index contributed by atoms with van der Waals surface area (Å²) in [6, 6.07) is -25.4. The maximum Gasteiger partial charge on any atom is 0.161 e. The summed E-state index contributed by atoms with van der Waals surface area (Å²) in [5, 5.41) is 67.7. The van der Waals surface area contributed by atoms with Gasteiger partial charge in [0.25, 0.3) is 0 Å². The molecule has 0 saturated carbocycles. The van der Waals surface area contributed by atoms with E-state index in [1.807, 2.05) is 0 Å². The van der Waals surface area contributed by atoms with Crippen LogP contribution in [0.2, 0.25) is 0 Å². The lowest BCUT2D eigenvalue weighted by Gasteiger charge is -2.46. The number of aliphatic hydroxyl groups is 6. The van der Waals surface area contributed by atoms with Gasteiger partial charge in [-0.1, -0.05) is 82.9 Å². The van der Waals surface area contributed by atoms with Gasteiger partial charge in [-0.3, -0.25) is 29.4 Å². The van der Waals surface area contributed by atoms with Gasteiger partial charge >= 0.3 is 0 Å². The molecule has 138 heavy (non-hydrogen) atoms. The van der Waals surface area contributed by atoms with Crippen LogP contribution in [0.4, 0.5) is 0 Å². The molecule has 21 atom stereocenters. The average molecular weight is 2010 g/mol. The van der Waals surface area contributed by atoms with E-state index in [1.165, 1.54) is 13.8 Å². The molecule has 6 saturated heterocycles. The van der Waals surface area contributed by atoms with Crippen molar-refractivity contribution >= 4 is 0 Å². The molecule has 18 rings (SSSR count). The van der Waals surface area contributed by atoms with Gasteiger partial charge < -0.3 is 87.5 Å². The number of fused-ring (bicyclic) bond motifs is 18. The minimum absolute atomic E-state index is 0.0593. The quantitative estimate of drug-likeness (QED) is 0.0329. The summed E-state index contributed by atoms with van der Waals surface area (Å²) < 4.78 is 864. The second kappa shape index (κ2) is 49.1. The average Bonchev–Trinajstić information content (AvgIpc) is 0.633. The first kappa shape index (κ1) is 38.8. The highest BCUT2D eigenvalue weighted by Gasteiger charge is 2.47. The first-order valence-corrected chi connectivity index (χ1v) is 42.2. The van der Waals surface area contributed by atoms with E-state index >= 15 is 0 Å². The third kappa shape index (κ3) is 25.4. The van der Waals surface area contributed by atoms with Crippen molar-refractivity contribution in [2.45, 2.75) is 271 Å². The zero-order valence-corrected chi connectivity index (χ0v) is 77.9. The first-order valence-electron chi connectivity index (χ1n) is 89.7. The highest BCUT2D eigenvalue weighted by atomic mass is 16.5. The molecule has 0 spiro atoms. The normalized spacial score (nSPS) is 53.4. The summed E-state index contributed by atoms with van der Waals surface area (Å²) in [6.45, 7) is -43.3. The molecule has 768 valence electrons. The second-order valence-electron chi connectivity index (χ2n) is 32.2. The van der Waals surface area contributed by atoms with Crippen molar-refractivity contribution in [1.82, 2.24) is 29.4 Å². The smallest absolute Gasteiger partial charge is 0.161 e. The van der Waals surface area contributed by atoms with E-state index in [0.29, 0.717) is 20.8 Å². The van der Waals surface area contributed by atoms with Gasteiger partial charge in [-0.2, -0.15) is 0 Å². The Balaban J connectivity index is 0.000000221. The Labute approximate surface area is 960 Å². The van der Waals surface area contributed by atoms with Crippen LogP contribution in [-0.4, -0.2) is 260 Å². The van der Waals surface area contributed by atoms with Crippen LogP contribution in [0.15, 0.2) is 72.5 Å². The van der Waals surface area contributed by atoms with Crippen LogP contribution in [0.3, 0.4) is 0 Å². The van der Waals surface area contributed by atoms with Crippen LogP contribution in [0, 0.1) is 70.8 Å². The number of methoxy groups -OCH3 is 12. The molecule has 12 aliphatic heterocycles. The number of benzene rings is 6. The van der Waals surface area contributed by atoms with Crippen molar-refractivity contribution < 1.29 is 218 Å².